The molecule has 160 valence electrons. The molecule has 2 N–H and O–H groups in total. The second kappa shape index (κ2) is 10.2. The highest BCUT2D eigenvalue weighted by Crippen LogP contribution is 2.41. The molecule has 3 fully saturated rings. The summed E-state index contributed by atoms with van der Waals surface area (Å²) in [5, 5.41) is 8.68. The third-order valence-corrected chi connectivity index (χ3v) is 8.00. The second-order valence-corrected chi connectivity index (χ2v) is 10.6. The molecule has 0 amide bonds. The van der Waals surface area contributed by atoms with E-state index in [4.69, 9.17) is 9.84 Å². The summed E-state index contributed by atoms with van der Waals surface area (Å²) in [6, 6.07) is -0.126. The molecule has 2 heterocycles. The summed E-state index contributed by atoms with van der Waals surface area (Å²) >= 11 is 0. The predicted molar refractivity (Wildman–Crippen MR) is 109 cm³/mol. The van der Waals surface area contributed by atoms with E-state index >= 15 is 0 Å². The van der Waals surface area contributed by atoms with E-state index in [-0.39, 0.29) is 36.3 Å². The number of sulfonamides is 1. The van der Waals surface area contributed by atoms with Gasteiger partial charge in [0.15, 0.2) is 0 Å². The zero-order valence-corrected chi connectivity index (χ0v) is 17.5. The molecule has 1 saturated carbocycles. The average molecular weight is 414 g/mol. The van der Waals surface area contributed by atoms with Gasteiger partial charge in [0, 0.05) is 12.3 Å². The summed E-state index contributed by atoms with van der Waals surface area (Å²) in [5.74, 6) is 0.200. The van der Waals surface area contributed by atoms with E-state index in [1.54, 1.807) is 0 Å². The minimum absolute atomic E-state index is 0.000124. The Bertz CT molecular complexity index is 641. The first kappa shape index (κ1) is 21.8. The van der Waals surface area contributed by atoms with E-state index < -0.39 is 16.0 Å². The smallest absolute Gasteiger partial charge is 0.303 e. The van der Waals surface area contributed by atoms with Crippen molar-refractivity contribution in [2.45, 2.75) is 95.3 Å². The van der Waals surface area contributed by atoms with Crippen LogP contribution in [-0.4, -0.2) is 43.5 Å². The van der Waals surface area contributed by atoms with E-state index in [2.05, 4.69) is 10.8 Å². The Morgan fingerprint density at radius 3 is 2.57 bits per heavy atom. The van der Waals surface area contributed by atoms with Crippen molar-refractivity contribution in [3.8, 4) is 0 Å². The van der Waals surface area contributed by atoms with Crippen LogP contribution >= 0.6 is 0 Å². The van der Waals surface area contributed by atoms with Crippen molar-refractivity contribution >= 4 is 16.0 Å². The van der Waals surface area contributed by atoms with Crippen molar-refractivity contribution in [2.75, 3.05) is 5.75 Å². The van der Waals surface area contributed by atoms with Crippen LogP contribution in [-0.2, 0) is 19.6 Å². The Hall–Kier alpha value is -0.920. The van der Waals surface area contributed by atoms with Gasteiger partial charge in [0.25, 0.3) is 0 Å². The van der Waals surface area contributed by atoms with Gasteiger partial charge in [-0.05, 0) is 44.4 Å². The number of hydrogen-bond donors (Lipinski definition) is 2. The van der Waals surface area contributed by atoms with Crippen LogP contribution in [0.1, 0.15) is 77.0 Å². The Morgan fingerprint density at radius 1 is 1.07 bits per heavy atom. The van der Waals surface area contributed by atoms with Crippen LogP contribution in [0.15, 0.2) is 12.2 Å². The molecule has 0 aromatic carbocycles. The molecule has 6 nitrogen and oxygen atoms in total. The highest BCUT2D eigenvalue weighted by Gasteiger charge is 2.49. The minimum Gasteiger partial charge on any atom is -0.481 e. The van der Waals surface area contributed by atoms with Gasteiger partial charge in [0.2, 0.25) is 10.0 Å². The standard InChI is InChI=1S/C21H35NO5S/c23-20(24)11-7-2-1-6-10-17-18-12-13-19(27-18)21(17)22-28(25,26)15-14-16-8-4-3-5-9-16/h1,6,16-19,21-22H,2-5,7-15H2,(H,23,24)/b6-1+. The summed E-state index contributed by atoms with van der Waals surface area (Å²) in [7, 11) is -3.29. The Kier molecular flexibility index (Phi) is 7.94. The van der Waals surface area contributed by atoms with Crippen LogP contribution < -0.4 is 4.72 Å². The molecule has 4 atom stereocenters. The van der Waals surface area contributed by atoms with Gasteiger partial charge in [-0.15, -0.1) is 0 Å². The lowest BCUT2D eigenvalue weighted by atomic mass is 9.83. The Morgan fingerprint density at radius 2 is 1.82 bits per heavy atom. The zero-order valence-electron chi connectivity index (χ0n) is 16.7. The quantitative estimate of drug-likeness (QED) is 0.399. The maximum absolute atomic E-state index is 12.7. The van der Waals surface area contributed by atoms with Gasteiger partial charge in [0.05, 0.1) is 24.0 Å². The van der Waals surface area contributed by atoms with Crippen molar-refractivity contribution in [1.82, 2.24) is 4.72 Å². The molecule has 1 aliphatic carbocycles. The number of rotatable bonds is 11. The number of fused-ring (bicyclic) bond motifs is 2. The predicted octanol–water partition coefficient (Wildman–Crippen LogP) is 3.62. The molecular formula is C21H35NO5S. The fourth-order valence-corrected chi connectivity index (χ4v) is 6.55. The topological polar surface area (TPSA) is 92.7 Å². The lowest BCUT2D eigenvalue weighted by Crippen LogP contribution is -2.47. The first-order valence-corrected chi connectivity index (χ1v) is 12.6. The third kappa shape index (κ3) is 6.29. The Balaban J connectivity index is 1.47. The maximum atomic E-state index is 12.7. The highest BCUT2D eigenvalue weighted by molar-refractivity contribution is 7.89. The molecule has 0 spiro atoms. The van der Waals surface area contributed by atoms with Gasteiger partial charge in [-0.3, -0.25) is 4.79 Å². The molecule has 2 aliphatic heterocycles. The summed E-state index contributed by atoms with van der Waals surface area (Å²) < 4.78 is 34.4. The highest BCUT2D eigenvalue weighted by atomic mass is 32.2. The fraction of sp³-hybridized carbons (Fsp3) is 0.857. The number of hydrogen-bond acceptors (Lipinski definition) is 4. The van der Waals surface area contributed by atoms with Crippen molar-refractivity contribution in [3.05, 3.63) is 12.2 Å². The van der Waals surface area contributed by atoms with Crippen molar-refractivity contribution in [2.24, 2.45) is 11.8 Å². The first-order chi connectivity index (χ1) is 13.4. The zero-order chi connectivity index (χ0) is 20.0. The van der Waals surface area contributed by atoms with Crippen LogP contribution in [0.2, 0.25) is 0 Å². The third-order valence-electron chi connectivity index (χ3n) is 6.60. The number of carbonyl (C=O) groups is 1. The average Bonchev–Trinajstić information content (AvgIpc) is 3.26. The van der Waals surface area contributed by atoms with E-state index in [1.165, 1.54) is 32.1 Å². The number of allylic oxidation sites excluding steroid dienone is 2. The van der Waals surface area contributed by atoms with Crippen LogP contribution in [0, 0.1) is 11.8 Å². The molecule has 3 rings (SSSR count). The van der Waals surface area contributed by atoms with Crippen LogP contribution in [0.3, 0.4) is 0 Å². The van der Waals surface area contributed by atoms with Crippen LogP contribution in [0.25, 0.3) is 0 Å². The molecule has 3 aliphatic rings. The molecule has 4 unspecified atom stereocenters. The minimum atomic E-state index is -3.29. The van der Waals surface area contributed by atoms with Gasteiger partial charge in [-0.1, -0.05) is 44.3 Å². The van der Waals surface area contributed by atoms with Crippen LogP contribution in [0.4, 0.5) is 0 Å². The lowest BCUT2D eigenvalue weighted by Gasteiger charge is -2.28. The van der Waals surface area contributed by atoms with Gasteiger partial charge in [-0.2, -0.15) is 0 Å². The maximum Gasteiger partial charge on any atom is 0.303 e. The van der Waals surface area contributed by atoms with E-state index in [1.807, 2.05) is 6.08 Å². The largest absolute Gasteiger partial charge is 0.481 e. The molecule has 28 heavy (non-hydrogen) atoms. The number of unbranched alkanes of at least 4 members (excludes halogenated alkanes) is 1. The number of ether oxygens (including phenoxy) is 1. The summed E-state index contributed by atoms with van der Waals surface area (Å²) in [5.41, 5.74) is 0. The summed E-state index contributed by atoms with van der Waals surface area (Å²) in [6.45, 7) is 0. The van der Waals surface area contributed by atoms with Gasteiger partial charge < -0.3 is 9.84 Å². The lowest BCUT2D eigenvalue weighted by molar-refractivity contribution is -0.137. The molecular weight excluding hydrogens is 378 g/mol. The molecule has 7 heteroatoms. The first-order valence-electron chi connectivity index (χ1n) is 11.0. The van der Waals surface area contributed by atoms with E-state index in [9.17, 15) is 13.2 Å². The Labute approximate surface area is 169 Å². The number of carboxylic acids is 1. The van der Waals surface area contributed by atoms with E-state index in [0.717, 1.165) is 32.1 Å². The second-order valence-electron chi connectivity index (χ2n) is 8.70. The number of carboxylic acid groups (broad SMARTS) is 1. The van der Waals surface area contributed by atoms with Gasteiger partial charge >= 0.3 is 5.97 Å². The molecule has 2 saturated heterocycles. The number of nitrogens with one attached hydrogen (secondary N) is 1. The SMILES string of the molecule is O=C(O)CCC/C=C/CC1C2CCC(O2)C1NS(=O)(=O)CCC1CCCCC1. The molecule has 0 radical (unpaired) electrons. The van der Waals surface area contributed by atoms with Gasteiger partial charge in [0.1, 0.15) is 0 Å². The van der Waals surface area contributed by atoms with E-state index in [0.29, 0.717) is 12.3 Å². The molecule has 2 bridgehead atoms. The molecule has 0 aromatic rings. The normalized spacial score (nSPS) is 31.0. The van der Waals surface area contributed by atoms with Crippen molar-refractivity contribution in [1.29, 1.82) is 0 Å². The fourth-order valence-electron chi connectivity index (χ4n) is 5.04. The van der Waals surface area contributed by atoms with Gasteiger partial charge in [-0.25, -0.2) is 13.1 Å². The molecule has 0 aromatic heterocycles. The summed E-state index contributed by atoms with van der Waals surface area (Å²) in [6.07, 6.45) is 15.4. The summed E-state index contributed by atoms with van der Waals surface area (Å²) in [4.78, 5) is 10.6. The van der Waals surface area contributed by atoms with Crippen molar-refractivity contribution < 1.29 is 23.1 Å². The number of aliphatic carboxylic acids is 1. The van der Waals surface area contributed by atoms with Crippen molar-refractivity contribution in [3.63, 3.8) is 0 Å². The van der Waals surface area contributed by atoms with Crippen LogP contribution in [0.5, 0.6) is 0 Å². The monoisotopic (exact) mass is 413 g/mol.